The van der Waals surface area contributed by atoms with Gasteiger partial charge in [0, 0.05) is 43.4 Å². The van der Waals surface area contributed by atoms with Crippen molar-refractivity contribution >= 4 is 28.5 Å². The average molecular weight is 454 g/mol. The summed E-state index contributed by atoms with van der Waals surface area (Å²) in [6, 6.07) is 3.45. The number of hydrogen-bond donors (Lipinski definition) is 1. The van der Waals surface area contributed by atoms with Crippen LogP contribution in [0.4, 0.5) is 14.5 Å². The molecule has 2 aliphatic rings. The second-order valence-electron chi connectivity index (χ2n) is 8.74. The van der Waals surface area contributed by atoms with E-state index < -0.39 is 5.92 Å². The molecule has 172 valence electrons. The lowest BCUT2D eigenvalue weighted by Crippen LogP contribution is -2.42. The highest BCUT2D eigenvalue weighted by atomic mass is 19.3. The Labute approximate surface area is 189 Å². The maximum Gasteiger partial charge on any atom is 0.255 e. The third-order valence-electron chi connectivity index (χ3n) is 6.40. The number of likely N-dealkylation sites (tertiary alicyclic amines) is 1. The van der Waals surface area contributed by atoms with E-state index in [4.69, 9.17) is 0 Å². The van der Waals surface area contributed by atoms with Gasteiger partial charge in [-0.2, -0.15) is 5.10 Å². The van der Waals surface area contributed by atoms with Crippen molar-refractivity contribution < 1.29 is 18.4 Å². The monoisotopic (exact) mass is 454 g/mol. The summed E-state index contributed by atoms with van der Waals surface area (Å²) < 4.78 is 28.4. The van der Waals surface area contributed by atoms with Crippen molar-refractivity contribution in [1.29, 1.82) is 0 Å². The van der Waals surface area contributed by atoms with Crippen LogP contribution < -0.4 is 5.32 Å². The van der Waals surface area contributed by atoms with Crippen LogP contribution in [0.25, 0.3) is 16.7 Å². The molecule has 2 fully saturated rings. The number of nitrogens with one attached hydrogen (secondary N) is 1. The van der Waals surface area contributed by atoms with E-state index in [0.717, 1.165) is 25.7 Å². The average Bonchev–Trinajstić information content (AvgIpc) is 3.49. The smallest absolute Gasteiger partial charge is 0.255 e. The van der Waals surface area contributed by atoms with Crippen molar-refractivity contribution in [2.75, 3.05) is 18.4 Å². The summed E-state index contributed by atoms with van der Waals surface area (Å²) in [4.78, 5) is 35.3. The van der Waals surface area contributed by atoms with Crippen LogP contribution in [0.1, 0.15) is 48.9 Å². The fourth-order valence-corrected chi connectivity index (χ4v) is 4.49. The number of nitrogens with zero attached hydrogens (tertiary/aromatic N) is 5. The molecule has 4 heterocycles. The summed E-state index contributed by atoms with van der Waals surface area (Å²) in [6.45, 7) is 0.0440. The van der Waals surface area contributed by atoms with E-state index in [1.165, 1.54) is 11.1 Å². The molecule has 0 spiro atoms. The Balaban J connectivity index is 1.35. The maximum absolute atomic E-state index is 13.4. The second kappa shape index (κ2) is 8.49. The number of amides is 2. The molecule has 0 unspecified atom stereocenters. The second-order valence-corrected chi connectivity index (χ2v) is 8.74. The van der Waals surface area contributed by atoms with Gasteiger partial charge in [0.15, 0.2) is 5.65 Å². The minimum absolute atomic E-state index is 0.00790. The van der Waals surface area contributed by atoms with Crippen LogP contribution >= 0.6 is 0 Å². The molecular weight excluding hydrogens is 430 g/mol. The number of carbonyl (C=O) groups is 2. The molecule has 5 rings (SSSR count). The van der Waals surface area contributed by atoms with Gasteiger partial charge in [0.25, 0.3) is 11.8 Å². The molecule has 33 heavy (non-hydrogen) atoms. The standard InChI is InChI=1S/C23H24F2N6O2/c24-23(25)5-7-30(8-6-23)22(33)17-9-16-12-28-31(20(16)27-11-17)19-10-18(13-26-14-19)29-21(32)15-3-1-2-4-15/h9-15H,1-8H2,(H,29,32). The van der Waals surface area contributed by atoms with Crippen LogP contribution in [0.2, 0.25) is 0 Å². The fraction of sp³-hybridized carbons (Fsp3) is 0.435. The van der Waals surface area contributed by atoms with Gasteiger partial charge in [-0.05, 0) is 25.0 Å². The topological polar surface area (TPSA) is 93.0 Å². The zero-order valence-corrected chi connectivity index (χ0v) is 18.0. The van der Waals surface area contributed by atoms with Crippen LogP contribution in [-0.2, 0) is 4.79 Å². The molecular formula is C23H24F2N6O2. The molecule has 1 N–H and O–H groups in total. The van der Waals surface area contributed by atoms with Crippen LogP contribution in [0, 0.1) is 5.92 Å². The zero-order valence-electron chi connectivity index (χ0n) is 18.0. The van der Waals surface area contributed by atoms with Crippen molar-refractivity contribution in [3.05, 3.63) is 42.5 Å². The number of carbonyl (C=O) groups excluding carboxylic acids is 2. The van der Waals surface area contributed by atoms with Crippen molar-refractivity contribution in [3.63, 3.8) is 0 Å². The molecule has 0 bridgehead atoms. The van der Waals surface area contributed by atoms with Gasteiger partial charge in [0.1, 0.15) is 0 Å². The molecule has 0 aromatic carbocycles. The van der Waals surface area contributed by atoms with Gasteiger partial charge in [0.05, 0.1) is 35.5 Å². The third kappa shape index (κ3) is 4.42. The molecule has 1 saturated carbocycles. The Morgan fingerprint density at radius 1 is 1.03 bits per heavy atom. The summed E-state index contributed by atoms with van der Waals surface area (Å²) in [5, 5.41) is 7.95. The van der Waals surface area contributed by atoms with Gasteiger partial charge in [-0.15, -0.1) is 0 Å². The molecule has 1 saturated heterocycles. The Bertz CT molecular complexity index is 1190. The number of pyridine rings is 2. The number of alkyl halides is 2. The number of halogens is 2. The Hall–Kier alpha value is -3.43. The Morgan fingerprint density at radius 2 is 1.79 bits per heavy atom. The van der Waals surface area contributed by atoms with Gasteiger partial charge in [-0.25, -0.2) is 18.4 Å². The first-order valence-electron chi connectivity index (χ1n) is 11.2. The van der Waals surface area contributed by atoms with Crippen LogP contribution in [-0.4, -0.2) is 55.5 Å². The van der Waals surface area contributed by atoms with Gasteiger partial charge >= 0.3 is 0 Å². The summed E-state index contributed by atoms with van der Waals surface area (Å²) in [5.74, 6) is -2.97. The highest BCUT2D eigenvalue weighted by molar-refractivity contribution is 5.97. The lowest BCUT2D eigenvalue weighted by molar-refractivity contribution is -0.119. The molecule has 2 amide bonds. The van der Waals surface area contributed by atoms with Crippen LogP contribution in [0.3, 0.4) is 0 Å². The lowest BCUT2D eigenvalue weighted by Gasteiger charge is -2.31. The predicted molar refractivity (Wildman–Crippen MR) is 117 cm³/mol. The first-order valence-corrected chi connectivity index (χ1v) is 11.2. The fourth-order valence-electron chi connectivity index (χ4n) is 4.49. The number of fused-ring (bicyclic) bond motifs is 1. The van der Waals surface area contributed by atoms with Crippen LogP contribution in [0.5, 0.6) is 0 Å². The minimum Gasteiger partial charge on any atom is -0.338 e. The summed E-state index contributed by atoms with van der Waals surface area (Å²) in [7, 11) is 0. The molecule has 8 nitrogen and oxygen atoms in total. The molecule has 0 atom stereocenters. The van der Waals surface area contributed by atoms with E-state index in [2.05, 4.69) is 20.4 Å². The lowest BCUT2D eigenvalue weighted by atomic mass is 10.1. The van der Waals surface area contributed by atoms with Crippen molar-refractivity contribution in [2.45, 2.75) is 44.4 Å². The SMILES string of the molecule is O=C(Nc1cncc(-n2ncc3cc(C(=O)N4CCC(F)(F)CC4)cnc32)c1)C1CCCC1. The molecule has 3 aromatic rings. The quantitative estimate of drug-likeness (QED) is 0.647. The maximum atomic E-state index is 13.4. The first kappa shape index (κ1) is 21.4. The molecule has 1 aliphatic carbocycles. The van der Waals surface area contributed by atoms with Gasteiger partial charge in [0.2, 0.25) is 5.91 Å². The largest absolute Gasteiger partial charge is 0.338 e. The van der Waals surface area contributed by atoms with Crippen molar-refractivity contribution in [1.82, 2.24) is 24.6 Å². The van der Waals surface area contributed by atoms with E-state index >= 15 is 0 Å². The Morgan fingerprint density at radius 3 is 2.55 bits per heavy atom. The number of hydrogen-bond acceptors (Lipinski definition) is 5. The highest BCUT2D eigenvalue weighted by Gasteiger charge is 2.36. The van der Waals surface area contributed by atoms with E-state index in [9.17, 15) is 18.4 Å². The van der Waals surface area contributed by atoms with Crippen LogP contribution in [0.15, 0.2) is 36.9 Å². The summed E-state index contributed by atoms with van der Waals surface area (Å²) in [6.07, 6.45) is 9.57. The van der Waals surface area contributed by atoms with Gasteiger partial charge in [-0.1, -0.05) is 12.8 Å². The molecule has 1 aliphatic heterocycles. The molecule has 10 heteroatoms. The van der Waals surface area contributed by atoms with Crippen molar-refractivity contribution in [2.24, 2.45) is 5.92 Å². The zero-order chi connectivity index (χ0) is 23.0. The highest BCUT2D eigenvalue weighted by Crippen LogP contribution is 2.29. The summed E-state index contributed by atoms with van der Waals surface area (Å²) in [5.41, 5.74) is 2.07. The summed E-state index contributed by atoms with van der Waals surface area (Å²) >= 11 is 0. The van der Waals surface area contributed by atoms with E-state index in [0.29, 0.717) is 28.0 Å². The number of piperidine rings is 1. The van der Waals surface area contributed by atoms with Crippen molar-refractivity contribution in [3.8, 4) is 5.69 Å². The van der Waals surface area contributed by atoms with E-state index in [1.54, 1.807) is 35.4 Å². The normalized spacial score (nSPS) is 18.5. The van der Waals surface area contributed by atoms with Gasteiger partial charge < -0.3 is 10.2 Å². The first-order chi connectivity index (χ1) is 15.9. The van der Waals surface area contributed by atoms with E-state index in [1.807, 2.05) is 0 Å². The molecule has 3 aromatic heterocycles. The number of rotatable bonds is 4. The van der Waals surface area contributed by atoms with E-state index in [-0.39, 0.29) is 43.7 Å². The number of anilines is 1. The number of aromatic nitrogens is 4. The molecule has 0 radical (unpaired) electrons. The third-order valence-corrected chi connectivity index (χ3v) is 6.40. The Kier molecular flexibility index (Phi) is 5.51. The van der Waals surface area contributed by atoms with Gasteiger partial charge in [-0.3, -0.25) is 14.6 Å². The minimum atomic E-state index is -2.71. The predicted octanol–water partition coefficient (Wildman–Crippen LogP) is 3.82.